The standard InChI is InChI=1S/C20H35N5O2/c1-15(2)13-25-8-9-26-18(14-25)12-24-20(21-5)23-11-17-6-7-19(22-10-17)27-16(3)4/h6-7,10,15-16,18H,8-9,11-14H2,1-5H3,(H2,21,23,24). The zero-order valence-corrected chi connectivity index (χ0v) is 17.4. The maximum atomic E-state index is 5.88. The van der Waals surface area contributed by atoms with Crippen LogP contribution in [0.25, 0.3) is 0 Å². The molecular weight excluding hydrogens is 342 g/mol. The Hall–Kier alpha value is -1.86. The Morgan fingerprint density at radius 3 is 2.78 bits per heavy atom. The topological polar surface area (TPSA) is 71.0 Å². The van der Waals surface area contributed by atoms with Crippen molar-refractivity contribution in [2.75, 3.05) is 39.8 Å². The summed E-state index contributed by atoms with van der Waals surface area (Å²) in [5.41, 5.74) is 1.08. The number of nitrogens with zero attached hydrogens (tertiary/aromatic N) is 3. The van der Waals surface area contributed by atoms with Gasteiger partial charge in [-0.05, 0) is 25.3 Å². The van der Waals surface area contributed by atoms with Gasteiger partial charge in [0.25, 0.3) is 0 Å². The third-order valence-electron chi connectivity index (χ3n) is 4.18. The van der Waals surface area contributed by atoms with Gasteiger partial charge < -0.3 is 20.1 Å². The van der Waals surface area contributed by atoms with Gasteiger partial charge in [0.15, 0.2) is 5.96 Å². The van der Waals surface area contributed by atoms with Crippen LogP contribution in [0.3, 0.4) is 0 Å². The molecule has 1 aromatic heterocycles. The van der Waals surface area contributed by atoms with Crippen molar-refractivity contribution in [3.05, 3.63) is 23.9 Å². The highest BCUT2D eigenvalue weighted by molar-refractivity contribution is 5.79. The maximum Gasteiger partial charge on any atom is 0.213 e. The Morgan fingerprint density at radius 2 is 2.15 bits per heavy atom. The third-order valence-corrected chi connectivity index (χ3v) is 4.18. The van der Waals surface area contributed by atoms with Crippen molar-refractivity contribution in [3.8, 4) is 5.88 Å². The molecule has 1 fully saturated rings. The Balaban J connectivity index is 1.74. The van der Waals surface area contributed by atoms with E-state index in [4.69, 9.17) is 9.47 Å². The molecule has 0 amide bonds. The molecule has 7 heteroatoms. The van der Waals surface area contributed by atoms with Crippen LogP contribution in [0.2, 0.25) is 0 Å². The summed E-state index contributed by atoms with van der Waals surface area (Å²) in [6.45, 7) is 13.8. The van der Waals surface area contributed by atoms with E-state index in [0.717, 1.165) is 44.3 Å². The van der Waals surface area contributed by atoms with Crippen molar-refractivity contribution in [2.45, 2.75) is 46.4 Å². The normalized spacial score (nSPS) is 18.8. The van der Waals surface area contributed by atoms with E-state index >= 15 is 0 Å². The molecule has 2 rings (SSSR count). The summed E-state index contributed by atoms with van der Waals surface area (Å²) in [6.07, 6.45) is 2.14. The molecule has 0 aliphatic carbocycles. The molecule has 2 heterocycles. The van der Waals surface area contributed by atoms with Gasteiger partial charge in [0.2, 0.25) is 5.88 Å². The minimum atomic E-state index is 0.128. The quantitative estimate of drug-likeness (QED) is 0.533. The molecule has 1 aliphatic heterocycles. The molecule has 2 N–H and O–H groups in total. The number of hydrogen-bond acceptors (Lipinski definition) is 5. The summed E-state index contributed by atoms with van der Waals surface area (Å²) in [6, 6.07) is 3.91. The van der Waals surface area contributed by atoms with Crippen LogP contribution in [0.4, 0.5) is 0 Å². The first-order valence-electron chi connectivity index (χ1n) is 9.86. The minimum Gasteiger partial charge on any atom is -0.475 e. The van der Waals surface area contributed by atoms with E-state index in [1.54, 1.807) is 7.05 Å². The van der Waals surface area contributed by atoms with Crippen LogP contribution in [0.5, 0.6) is 5.88 Å². The molecule has 152 valence electrons. The molecule has 27 heavy (non-hydrogen) atoms. The summed E-state index contributed by atoms with van der Waals surface area (Å²) in [4.78, 5) is 11.1. The first-order valence-corrected chi connectivity index (χ1v) is 9.86. The Bertz CT molecular complexity index is 574. The predicted octanol–water partition coefficient (Wildman–Crippen LogP) is 1.89. The van der Waals surface area contributed by atoms with E-state index in [2.05, 4.69) is 39.4 Å². The number of aromatic nitrogens is 1. The van der Waals surface area contributed by atoms with Crippen molar-refractivity contribution in [2.24, 2.45) is 10.9 Å². The second kappa shape index (κ2) is 11.1. The summed E-state index contributed by atoms with van der Waals surface area (Å²) >= 11 is 0. The molecular formula is C20H35N5O2. The van der Waals surface area contributed by atoms with Gasteiger partial charge in [0.05, 0.1) is 18.8 Å². The highest BCUT2D eigenvalue weighted by atomic mass is 16.5. The highest BCUT2D eigenvalue weighted by Gasteiger charge is 2.21. The van der Waals surface area contributed by atoms with Crippen LogP contribution in [0.1, 0.15) is 33.3 Å². The number of hydrogen-bond donors (Lipinski definition) is 2. The molecule has 0 aromatic carbocycles. The minimum absolute atomic E-state index is 0.128. The van der Waals surface area contributed by atoms with Crippen molar-refractivity contribution < 1.29 is 9.47 Å². The predicted molar refractivity (Wildman–Crippen MR) is 109 cm³/mol. The fraction of sp³-hybridized carbons (Fsp3) is 0.700. The smallest absolute Gasteiger partial charge is 0.213 e. The molecule has 0 spiro atoms. The Labute approximate surface area is 163 Å². The van der Waals surface area contributed by atoms with E-state index in [-0.39, 0.29) is 12.2 Å². The zero-order chi connectivity index (χ0) is 19.6. The molecule has 1 saturated heterocycles. The van der Waals surface area contributed by atoms with Gasteiger partial charge in [-0.1, -0.05) is 19.9 Å². The molecule has 1 unspecified atom stereocenters. The fourth-order valence-electron chi connectivity index (χ4n) is 3.03. The van der Waals surface area contributed by atoms with Crippen molar-refractivity contribution >= 4 is 5.96 Å². The molecule has 0 bridgehead atoms. The largest absolute Gasteiger partial charge is 0.475 e. The fourth-order valence-corrected chi connectivity index (χ4v) is 3.03. The summed E-state index contributed by atoms with van der Waals surface area (Å²) < 4.78 is 11.5. The van der Waals surface area contributed by atoms with Crippen LogP contribution in [-0.4, -0.2) is 67.9 Å². The van der Waals surface area contributed by atoms with Crippen LogP contribution in [0.15, 0.2) is 23.3 Å². The summed E-state index contributed by atoms with van der Waals surface area (Å²) in [7, 11) is 1.78. The first kappa shape index (κ1) is 21.4. The van der Waals surface area contributed by atoms with E-state index in [1.807, 2.05) is 32.2 Å². The van der Waals surface area contributed by atoms with E-state index in [0.29, 0.717) is 18.3 Å². The van der Waals surface area contributed by atoms with Gasteiger partial charge in [-0.2, -0.15) is 0 Å². The van der Waals surface area contributed by atoms with Gasteiger partial charge in [-0.25, -0.2) is 4.98 Å². The van der Waals surface area contributed by atoms with Crippen molar-refractivity contribution in [1.29, 1.82) is 0 Å². The van der Waals surface area contributed by atoms with Gasteiger partial charge in [-0.15, -0.1) is 0 Å². The van der Waals surface area contributed by atoms with Crippen LogP contribution in [0, 0.1) is 5.92 Å². The van der Waals surface area contributed by atoms with E-state index < -0.39 is 0 Å². The monoisotopic (exact) mass is 377 g/mol. The second-order valence-electron chi connectivity index (χ2n) is 7.62. The van der Waals surface area contributed by atoms with Gasteiger partial charge in [0.1, 0.15) is 0 Å². The molecule has 7 nitrogen and oxygen atoms in total. The first-order chi connectivity index (χ1) is 13.0. The lowest BCUT2D eigenvalue weighted by atomic mass is 10.2. The number of pyridine rings is 1. The average molecular weight is 378 g/mol. The molecule has 0 saturated carbocycles. The van der Waals surface area contributed by atoms with Crippen LogP contribution in [-0.2, 0) is 11.3 Å². The number of aliphatic imine (C=N–C) groups is 1. The number of ether oxygens (including phenoxy) is 2. The average Bonchev–Trinajstić information content (AvgIpc) is 2.62. The van der Waals surface area contributed by atoms with Gasteiger partial charge in [0, 0.05) is 52.0 Å². The SMILES string of the molecule is CN=C(NCc1ccc(OC(C)C)nc1)NCC1CN(CC(C)C)CCO1. The third kappa shape index (κ3) is 8.13. The number of rotatable bonds is 8. The zero-order valence-electron chi connectivity index (χ0n) is 17.4. The lowest BCUT2D eigenvalue weighted by molar-refractivity contribution is -0.0284. The second-order valence-corrected chi connectivity index (χ2v) is 7.62. The molecule has 1 aliphatic rings. The molecule has 0 radical (unpaired) electrons. The number of morpholine rings is 1. The molecule has 1 atom stereocenters. The van der Waals surface area contributed by atoms with Gasteiger partial charge >= 0.3 is 0 Å². The van der Waals surface area contributed by atoms with Crippen molar-refractivity contribution in [1.82, 2.24) is 20.5 Å². The lowest BCUT2D eigenvalue weighted by Gasteiger charge is -2.34. The number of nitrogens with one attached hydrogen (secondary N) is 2. The summed E-state index contributed by atoms with van der Waals surface area (Å²) in [5, 5.41) is 6.68. The highest BCUT2D eigenvalue weighted by Crippen LogP contribution is 2.09. The molecule has 1 aromatic rings. The van der Waals surface area contributed by atoms with Crippen LogP contribution < -0.4 is 15.4 Å². The number of guanidine groups is 1. The Morgan fingerprint density at radius 1 is 1.33 bits per heavy atom. The van der Waals surface area contributed by atoms with E-state index in [9.17, 15) is 0 Å². The summed E-state index contributed by atoms with van der Waals surface area (Å²) in [5.74, 6) is 2.09. The maximum absolute atomic E-state index is 5.88. The Kier molecular flexibility index (Phi) is 8.81. The van der Waals surface area contributed by atoms with Crippen molar-refractivity contribution in [3.63, 3.8) is 0 Å². The lowest BCUT2D eigenvalue weighted by Crippen LogP contribution is -2.50. The van der Waals surface area contributed by atoms with Crippen LogP contribution >= 0.6 is 0 Å². The van der Waals surface area contributed by atoms with E-state index in [1.165, 1.54) is 0 Å². The van der Waals surface area contributed by atoms with Gasteiger partial charge in [-0.3, -0.25) is 9.89 Å².